The van der Waals surface area contributed by atoms with Crippen molar-refractivity contribution in [3.8, 4) is 0 Å². The summed E-state index contributed by atoms with van der Waals surface area (Å²) in [5.41, 5.74) is 2.98. The molecule has 2 aromatic rings. The second-order valence-electron chi connectivity index (χ2n) is 5.53. The maximum absolute atomic E-state index is 12.0. The minimum atomic E-state index is -0.655. The van der Waals surface area contributed by atoms with Crippen LogP contribution in [0.1, 0.15) is 29.7 Å². The Morgan fingerprint density at radius 1 is 1.04 bits per heavy atom. The normalized spacial score (nSPS) is 17.5. The molecule has 1 N–H and O–H groups in total. The molecule has 0 radical (unpaired) electrons. The first-order valence-electron chi connectivity index (χ1n) is 7.44. The summed E-state index contributed by atoms with van der Waals surface area (Å²) < 4.78 is 0. The molecule has 1 heterocycles. The van der Waals surface area contributed by atoms with Crippen LogP contribution in [0.3, 0.4) is 0 Å². The predicted octanol–water partition coefficient (Wildman–Crippen LogP) is 3.00. The summed E-state index contributed by atoms with van der Waals surface area (Å²) in [5.74, 6) is 0.591. The molecule has 0 bridgehead atoms. The molecule has 4 nitrogen and oxygen atoms in total. The van der Waals surface area contributed by atoms with E-state index in [1.165, 1.54) is 4.90 Å². The van der Waals surface area contributed by atoms with Gasteiger partial charge in [-0.15, -0.1) is 0 Å². The number of rotatable bonds is 3. The van der Waals surface area contributed by atoms with Gasteiger partial charge in [-0.25, -0.2) is 4.99 Å². The van der Waals surface area contributed by atoms with Gasteiger partial charge in [-0.1, -0.05) is 54.6 Å². The number of amidine groups is 1. The first-order valence-corrected chi connectivity index (χ1v) is 7.44. The van der Waals surface area contributed by atoms with Crippen LogP contribution in [-0.2, 0) is 4.79 Å². The molecule has 1 aliphatic rings. The first kappa shape index (κ1) is 15.2. The quantitative estimate of drug-likeness (QED) is 0.886. The van der Waals surface area contributed by atoms with Crippen molar-refractivity contribution in [1.29, 1.82) is 0 Å². The summed E-state index contributed by atoms with van der Waals surface area (Å²) in [6, 6.07) is 17.0. The number of carbonyl (C=O) groups is 1. The number of aliphatic hydroxyl groups excluding tert-OH is 1. The molecule has 0 saturated carbocycles. The summed E-state index contributed by atoms with van der Waals surface area (Å²) >= 11 is 0. The molecule has 0 fully saturated rings. The average molecular weight is 306 g/mol. The number of hydrogen-bond acceptors (Lipinski definition) is 3. The van der Waals surface area contributed by atoms with Crippen molar-refractivity contribution in [3.05, 3.63) is 77.0 Å². The number of amides is 1. The van der Waals surface area contributed by atoms with Crippen LogP contribution < -0.4 is 0 Å². The lowest BCUT2D eigenvalue weighted by molar-refractivity contribution is -0.121. The van der Waals surface area contributed by atoms with Gasteiger partial charge in [0.2, 0.25) is 0 Å². The van der Waals surface area contributed by atoms with E-state index in [9.17, 15) is 9.90 Å². The highest BCUT2D eigenvalue weighted by molar-refractivity contribution is 6.13. The third kappa shape index (κ3) is 3.07. The third-order valence-corrected chi connectivity index (χ3v) is 3.96. The fourth-order valence-electron chi connectivity index (χ4n) is 2.47. The second kappa shape index (κ2) is 6.18. The van der Waals surface area contributed by atoms with Crippen molar-refractivity contribution in [1.82, 2.24) is 4.90 Å². The number of benzene rings is 2. The van der Waals surface area contributed by atoms with Crippen molar-refractivity contribution in [2.75, 3.05) is 7.05 Å². The van der Waals surface area contributed by atoms with Crippen molar-refractivity contribution >= 4 is 17.8 Å². The van der Waals surface area contributed by atoms with E-state index in [4.69, 9.17) is 0 Å². The van der Waals surface area contributed by atoms with Gasteiger partial charge in [-0.2, -0.15) is 0 Å². The molecule has 3 rings (SSSR count). The summed E-state index contributed by atoms with van der Waals surface area (Å²) in [6.45, 7) is 1.80. The zero-order valence-corrected chi connectivity index (χ0v) is 13.1. The van der Waals surface area contributed by atoms with Crippen LogP contribution in [0.15, 0.2) is 65.3 Å². The number of likely N-dealkylation sites (N-methyl/N-ethyl adjacent to an activating group) is 1. The lowest BCUT2D eigenvalue weighted by atomic mass is 10.0. The monoisotopic (exact) mass is 306 g/mol. The molecular formula is C19H18N2O2. The second-order valence-corrected chi connectivity index (χ2v) is 5.53. The van der Waals surface area contributed by atoms with Gasteiger partial charge in [0.1, 0.15) is 17.6 Å². The van der Waals surface area contributed by atoms with Gasteiger partial charge in [-0.05, 0) is 29.7 Å². The highest BCUT2D eigenvalue weighted by Crippen LogP contribution is 2.23. The molecule has 0 spiro atoms. The molecule has 2 aromatic carbocycles. The zero-order chi connectivity index (χ0) is 16.4. The molecule has 4 heteroatoms. The van der Waals surface area contributed by atoms with Crippen molar-refractivity contribution in [2.24, 2.45) is 4.99 Å². The fraction of sp³-hybridized carbons (Fsp3) is 0.158. The van der Waals surface area contributed by atoms with E-state index < -0.39 is 6.10 Å². The van der Waals surface area contributed by atoms with Crippen LogP contribution in [0, 0.1) is 0 Å². The van der Waals surface area contributed by atoms with E-state index in [0.717, 1.165) is 16.7 Å². The van der Waals surface area contributed by atoms with Gasteiger partial charge >= 0.3 is 0 Å². The molecule has 0 aliphatic carbocycles. The molecule has 116 valence electrons. The summed E-state index contributed by atoms with van der Waals surface area (Å²) in [6.07, 6.45) is 1.10. The van der Waals surface area contributed by atoms with Crippen molar-refractivity contribution in [3.63, 3.8) is 0 Å². The minimum Gasteiger partial charge on any atom is -0.384 e. The molecule has 0 saturated heterocycles. The van der Waals surface area contributed by atoms with E-state index in [-0.39, 0.29) is 5.91 Å². The van der Waals surface area contributed by atoms with Gasteiger partial charge in [0, 0.05) is 7.05 Å². The van der Waals surface area contributed by atoms with Gasteiger partial charge in [0.05, 0.1) is 0 Å². The maximum atomic E-state index is 12.0. The van der Waals surface area contributed by atoms with Gasteiger partial charge in [0.25, 0.3) is 5.91 Å². The Morgan fingerprint density at radius 3 is 2.22 bits per heavy atom. The lowest BCUT2D eigenvalue weighted by Gasteiger charge is -2.11. The van der Waals surface area contributed by atoms with E-state index in [1.54, 1.807) is 20.0 Å². The Morgan fingerprint density at radius 2 is 1.65 bits per heavy atom. The molecular weight excluding hydrogens is 288 g/mol. The van der Waals surface area contributed by atoms with Crippen LogP contribution in [0.2, 0.25) is 0 Å². The lowest BCUT2D eigenvalue weighted by Crippen LogP contribution is -2.25. The van der Waals surface area contributed by atoms with E-state index in [2.05, 4.69) is 4.99 Å². The Balaban J connectivity index is 1.82. The van der Waals surface area contributed by atoms with Crippen LogP contribution in [0.25, 0.3) is 6.08 Å². The third-order valence-electron chi connectivity index (χ3n) is 3.96. The fourth-order valence-corrected chi connectivity index (χ4v) is 2.47. The van der Waals surface area contributed by atoms with E-state index in [0.29, 0.717) is 11.5 Å². The number of aliphatic hydroxyl groups is 1. The topological polar surface area (TPSA) is 52.9 Å². The summed E-state index contributed by atoms with van der Waals surface area (Å²) in [5, 5.41) is 10.4. The largest absolute Gasteiger partial charge is 0.384 e. The molecule has 1 atom stereocenters. The summed E-state index contributed by atoms with van der Waals surface area (Å²) in [4.78, 5) is 17.8. The smallest absolute Gasteiger partial charge is 0.277 e. The maximum Gasteiger partial charge on any atom is 0.277 e. The minimum absolute atomic E-state index is 0.101. The SMILES string of the molecule is CC1=N/C(=C\c2ccc(C(O)c3ccccc3)cc2)C(=O)N1C. The Labute approximate surface area is 135 Å². The Hall–Kier alpha value is -2.72. The van der Waals surface area contributed by atoms with Gasteiger partial charge in [-0.3, -0.25) is 9.69 Å². The summed E-state index contributed by atoms with van der Waals surface area (Å²) in [7, 11) is 1.71. The predicted molar refractivity (Wildman–Crippen MR) is 90.8 cm³/mol. The van der Waals surface area contributed by atoms with Crippen LogP contribution in [-0.4, -0.2) is 28.8 Å². The van der Waals surface area contributed by atoms with Gasteiger partial charge < -0.3 is 5.11 Å². The van der Waals surface area contributed by atoms with Crippen LogP contribution >= 0.6 is 0 Å². The molecule has 1 unspecified atom stereocenters. The highest BCUT2D eigenvalue weighted by atomic mass is 16.3. The molecule has 1 aliphatic heterocycles. The Kier molecular flexibility index (Phi) is 4.08. The molecule has 0 aromatic heterocycles. The zero-order valence-electron chi connectivity index (χ0n) is 13.1. The van der Waals surface area contributed by atoms with Crippen molar-refractivity contribution < 1.29 is 9.90 Å². The number of carbonyl (C=O) groups excluding carboxylic acids is 1. The molecule has 23 heavy (non-hydrogen) atoms. The van der Waals surface area contributed by atoms with Crippen LogP contribution in [0.4, 0.5) is 0 Å². The highest BCUT2D eigenvalue weighted by Gasteiger charge is 2.23. The average Bonchev–Trinajstić information content (AvgIpc) is 2.83. The number of nitrogens with zero attached hydrogens (tertiary/aromatic N) is 2. The number of aliphatic imine (C=N–C) groups is 1. The van der Waals surface area contributed by atoms with Crippen LogP contribution in [0.5, 0.6) is 0 Å². The van der Waals surface area contributed by atoms with E-state index in [1.807, 2.05) is 54.6 Å². The first-order chi connectivity index (χ1) is 11.1. The standard InChI is InChI=1S/C19H18N2O2/c1-13-20-17(19(23)21(13)2)12-14-8-10-16(11-9-14)18(22)15-6-4-3-5-7-15/h3-12,18,22H,1-2H3/b17-12-. The van der Waals surface area contributed by atoms with Crippen molar-refractivity contribution in [2.45, 2.75) is 13.0 Å². The van der Waals surface area contributed by atoms with E-state index >= 15 is 0 Å². The number of hydrogen-bond donors (Lipinski definition) is 1. The van der Waals surface area contributed by atoms with Gasteiger partial charge in [0.15, 0.2) is 0 Å². The Bertz CT molecular complexity index is 777. The molecule has 1 amide bonds.